The number of hydrogen-bond donors (Lipinski definition) is 0. The lowest BCUT2D eigenvalue weighted by atomic mass is 10.0. The molecule has 132 valence electrons. The minimum absolute atomic E-state index is 0.540. The Morgan fingerprint density at radius 2 is 1.88 bits per heavy atom. The standard InChI is InChI=1S/C20H18Cl2N4/c1-13-8-19(22)23-9-15(13)11-26-7-6-18-16(12-26)10-24-20(25-18)14-2-4-17(21)5-3-14/h2-5,8-10H,6-7,11-12H2,1H3. The number of pyridine rings is 1. The lowest BCUT2D eigenvalue weighted by molar-refractivity contribution is 0.242. The molecule has 0 fully saturated rings. The van der Waals surface area contributed by atoms with E-state index in [2.05, 4.69) is 21.8 Å². The van der Waals surface area contributed by atoms with Crippen molar-refractivity contribution < 1.29 is 0 Å². The Morgan fingerprint density at radius 3 is 2.65 bits per heavy atom. The summed E-state index contributed by atoms with van der Waals surface area (Å²) in [6.45, 7) is 4.74. The van der Waals surface area contributed by atoms with Crippen molar-refractivity contribution in [3.8, 4) is 11.4 Å². The highest BCUT2D eigenvalue weighted by Crippen LogP contribution is 2.24. The molecular weight excluding hydrogens is 367 g/mol. The predicted octanol–water partition coefficient (Wildman–Crippen LogP) is 4.71. The molecule has 0 saturated carbocycles. The molecule has 26 heavy (non-hydrogen) atoms. The van der Waals surface area contributed by atoms with Crippen LogP contribution in [0.25, 0.3) is 11.4 Å². The van der Waals surface area contributed by atoms with Crippen molar-refractivity contribution >= 4 is 23.2 Å². The average molecular weight is 385 g/mol. The van der Waals surface area contributed by atoms with Crippen molar-refractivity contribution in [1.82, 2.24) is 19.9 Å². The molecule has 4 nitrogen and oxygen atoms in total. The summed E-state index contributed by atoms with van der Waals surface area (Å²) in [6, 6.07) is 9.55. The molecule has 1 aliphatic heterocycles. The summed E-state index contributed by atoms with van der Waals surface area (Å²) in [5, 5.41) is 1.26. The van der Waals surface area contributed by atoms with E-state index in [1.54, 1.807) is 0 Å². The van der Waals surface area contributed by atoms with E-state index < -0.39 is 0 Å². The monoisotopic (exact) mass is 384 g/mol. The van der Waals surface area contributed by atoms with E-state index >= 15 is 0 Å². The van der Waals surface area contributed by atoms with Crippen LogP contribution in [0.15, 0.2) is 42.7 Å². The molecule has 0 bridgehead atoms. The van der Waals surface area contributed by atoms with Crippen LogP contribution in [0.2, 0.25) is 10.2 Å². The molecule has 3 heterocycles. The van der Waals surface area contributed by atoms with Gasteiger partial charge in [0.1, 0.15) is 5.15 Å². The van der Waals surface area contributed by atoms with Gasteiger partial charge < -0.3 is 0 Å². The number of benzene rings is 1. The number of rotatable bonds is 3. The molecule has 0 amide bonds. The number of nitrogens with zero attached hydrogens (tertiary/aromatic N) is 4. The molecule has 0 aliphatic carbocycles. The quantitative estimate of drug-likeness (QED) is 0.613. The number of hydrogen-bond acceptors (Lipinski definition) is 4. The molecule has 1 aliphatic rings. The van der Waals surface area contributed by atoms with Crippen molar-refractivity contribution in [2.75, 3.05) is 6.54 Å². The van der Waals surface area contributed by atoms with E-state index in [0.717, 1.165) is 43.1 Å². The van der Waals surface area contributed by atoms with Gasteiger partial charge in [-0.1, -0.05) is 23.2 Å². The fourth-order valence-electron chi connectivity index (χ4n) is 3.20. The van der Waals surface area contributed by atoms with Gasteiger partial charge in [0, 0.05) is 54.6 Å². The fourth-order valence-corrected chi connectivity index (χ4v) is 3.54. The molecule has 3 aromatic rings. The second-order valence-electron chi connectivity index (χ2n) is 6.57. The summed E-state index contributed by atoms with van der Waals surface area (Å²) >= 11 is 11.9. The van der Waals surface area contributed by atoms with Crippen LogP contribution in [-0.4, -0.2) is 26.4 Å². The van der Waals surface area contributed by atoms with Gasteiger partial charge >= 0.3 is 0 Å². The first-order valence-corrected chi connectivity index (χ1v) is 9.28. The van der Waals surface area contributed by atoms with Gasteiger partial charge in [-0.15, -0.1) is 0 Å². The van der Waals surface area contributed by atoms with E-state index in [1.165, 1.54) is 16.7 Å². The lowest BCUT2D eigenvalue weighted by Crippen LogP contribution is -2.31. The van der Waals surface area contributed by atoms with Gasteiger partial charge in [0.15, 0.2) is 5.82 Å². The Labute approximate surface area is 162 Å². The maximum Gasteiger partial charge on any atom is 0.159 e. The Balaban J connectivity index is 1.51. The Hall–Kier alpha value is -2.01. The van der Waals surface area contributed by atoms with Gasteiger partial charge in [-0.25, -0.2) is 15.0 Å². The third kappa shape index (κ3) is 3.73. The highest BCUT2D eigenvalue weighted by molar-refractivity contribution is 6.30. The zero-order chi connectivity index (χ0) is 18.1. The third-order valence-electron chi connectivity index (χ3n) is 4.70. The maximum atomic E-state index is 5.96. The van der Waals surface area contributed by atoms with Gasteiger partial charge in [-0.2, -0.15) is 0 Å². The van der Waals surface area contributed by atoms with Crippen LogP contribution in [0.5, 0.6) is 0 Å². The summed E-state index contributed by atoms with van der Waals surface area (Å²) in [4.78, 5) is 15.9. The molecule has 4 rings (SSSR count). The van der Waals surface area contributed by atoms with Crippen LogP contribution in [0.4, 0.5) is 0 Å². The van der Waals surface area contributed by atoms with Gasteiger partial charge in [-0.05, 0) is 48.4 Å². The minimum atomic E-state index is 0.540. The first-order chi connectivity index (χ1) is 12.6. The minimum Gasteiger partial charge on any atom is -0.294 e. The molecule has 0 saturated heterocycles. The van der Waals surface area contributed by atoms with E-state index in [0.29, 0.717) is 10.2 Å². The van der Waals surface area contributed by atoms with Gasteiger partial charge in [0.2, 0.25) is 0 Å². The highest BCUT2D eigenvalue weighted by atomic mass is 35.5. The molecular formula is C20H18Cl2N4. The van der Waals surface area contributed by atoms with Crippen LogP contribution < -0.4 is 0 Å². The van der Waals surface area contributed by atoms with Gasteiger partial charge in [-0.3, -0.25) is 4.90 Å². The van der Waals surface area contributed by atoms with Crippen molar-refractivity contribution in [3.05, 3.63) is 75.3 Å². The van der Waals surface area contributed by atoms with E-state index in [4.69, 9.17) is 28.2 Å². The molecule has 2 aromatic heterocycles. The number of aromatic nitrogens is 3. The van der Waals surface area contributed by atoms with Crippen LogP contribution >= 0.6 is 23.2 Å². The maximum absolute atomic E-state index is 5.96. The molecule has 1 aromatic carbocycles. The van der Waals surface area contributed by atoms with Crippen molar-refractivity contribution in [2.24, 2.45) is 0 Å². The van der Waals surface area contributed by atoms with Crippen LogP contribution in [0.1, 0.15) is 22.4 Å². The SMILES string of the molecule is Cc1cc(Cl)ncc1CN1CCc2nc(-c3ccc(Cl)cc3)ncc2C1. The summed E-state index contributed by atoms with van der Waals surface area (Å²) in [5.74, 6) is 0.756. The van der Waals surface area contributed by atoms with Gasteiger partial charge in [0.05, 0.1) is 5.69 Å². The Bertz CT molecular complexity index is 941. The fraction of sp³-hybridized carbons (Fsp3) is 0.250. The Kier molecular flexibility index (Phi) is 4.90. The van der Waals surface area contributed by atoms with Crippen LogP contribution in [-0.2, 0) is 19.5 Å². The van der Waals surface area contributed by atoms with Crippen molar-refractivity contribution in [1.29, 1.82) is 0 Å². The van der Waals surface area contributed by atoms with Gasteiger partial charge in [0.25, 0.3) is 0 Å². The lowest BCUT2D eigenvalue weighted by Gasteiger charge is -2.28. The first-order valence-electron chi connectivity index (χ1n) is 8.52. The Morgan fingerprint density at radius 1 is 1.08 bits per heavy atom. The molecule has 0 radical (unpaired) electrons. The largest absolute Gasteiger partial charge is 0.294 e. The summed E-state index contributed by atoms with van der Waals surface area (Å²) in [6.07, 6.45) is 4.73. The first kappa shape index (κ1) is 17.4. The predicted molar refractivity (Wildman–Crippen MR) is 104 cm³/mol. The zero-order valence-electron chi connectivity index (χ0n) is 14.4. The normalized spacial score (nSPS) is 14.3. The summed E-state index contributed by atoms with van der Waals surface area (Å²) in [5.41, 5.74) is 5.69. The summed E-state index contributed by atoms with van der Waals surface area (Å²) in [7, 11) is 0. The molecule has 6 heteroatoms. The van der Waals surface area contributed by atoms with Crippen LogP contribution in [0, 0.1) is 6.92 Å². The third-order valence-corrected chi connectivity index (χ3v) is 5.15. The zero-order valence-corrected chi connectivity index (χ0v) is 15.9. The van der Waals surface area contributed by atoms with E-state index in [9.17, 15) is 0 Å². The second-order valence-corrected chi connectivity index (χ2v) is 7.39. The topological polar surface area (TPSA) is 41.9 Å². The molecule has 0 unspecified atom stereocenters. The van der Waals surface area contributed by atoms with Crippen LogP contribution in [0.3, 0.4) is 0 Å². The molecule has 0 N–H and O–H groups in total. The summed E-state index contributed by atoms with van der Waals surface area (Å²) < 4.78 is 0. The number of aryl methyl sites for hydroxylation is 1. The van der Waals surface area contributed by atoms with E-state index in [-0.39, 0.29) is 0 Å². The number of halogens is 2. The van der Waals surface area contributed by atoms with E-state index in [1.807, 2.05) is 42.7 Å². The van der Waals surface area contributed by atoms with Crippen molar-refractivity contribution in [3.63, 3.8) is 0 Å². The highest BCUT2D eigenvalue weighted by Gasteiger charge is 2.19. The molecule has 0 spiro atoms. The smallest absolute Gasteiger partial charge is 0.159 e. The van der Waals surface area contributed by atoms with Crippen molar-refractivity contribution in [2.45, 2.75) is 26.4 Å². The average Bonchev–Trinajstić information content (AvgIpc) is 2.64. The second kappa shape index (κ2) is 7.31. The number of fused-ring (bicyclic) bond motifs is 1. The molecule has 0 atom stereocenters.